The molecule has 2 unspecified atom stereocenters. The van der Waals surface area contributed by atoms with Crippen LogP contribution in [0.4, 0.5) is 4.39 Å². The van der Waals surface area contributed by atoms with E-state index in [0.29, 0.717) is 5.75 Å². The van der Waals surface area contributed by atoms with E-state index >= 15 is 0 Å². The predicted molar refractivity (Wildman–Crippen MR) is 103 cm³/mol. The van der Waals surface area contributed by atoms with Gasteiger partial charge in [0.2, 0.25) is 11.5 Å². The summed E-state index contributed by atoms with van der Waals surface area (Å²) in [6.07, 6.45) is 2.22. The summed E-state index contributed by atoms with van der Waals surface area (Å²) < 4.78 is 29.0. The number of carbonyl (C=O) groups excluding carboxylic acids is 1. The van der Waals surface area contributed by atoms with Gasteiger partial charge in [-0.15, -0.1) is 0 Å². The molecule has 2 aromatic rings. The van der Waals surface area contributed by atoms with Crippen molar-refractivity contribution in [2.45, 2.75) is 24.9 Å². The number of rotatable bonds is 7. The lowest BCUT2D eigenvalue weighted by Gasteiger charge is -2.18. The minimum atomic E-state index is -1.61. The summed E-state index contributed by atoms with van der Waals surface area (Å²) in [4.78, 5) is 17.4. The van der Waals surface area contributed by atoms with E-state index in [9.17, 15) is 14.4 Å². The third kappa shape index (κ3) is 2.83. The van der Waals surface area contributed by atoms with Gasteiger partial charge in [0.15, 0.2) is 5.41 Å². The maximum absolute atomic E-state index is 13.0. The first-order valence-corrected chi connectivity index (χ1v) is 9.00. The van der Waals surface area contributed by atoms with Gasteiger partial charge in [0, 0.05) is 11.5 Å². The SMILES string of the molecule is COC(=O)C1(c2cccc(Oc3ccccc3)n2)C(C)(C)C1(C#N)OC=CCF. The molecule has 0 aliphatic heterocycles. The van der Waals surface area contributed by atoms with Gasteiger partial charge in [-0.25, -0.2) is 9.37 Å². The lowest BCUT2D eigenvalue weighted by molar-refractivity contribution is -0.146. The molecule has 1 saturated carbocycles. The van der Waals surface area contributed by atoms with Crippen LogP contribution in [0, 0.1) is 16.7 Å². The van der Waals surface area contributed by atoms with Crippen LogP contribution in [0.1, 0.15) is 19.5 Å². The summed E-state index contributed by atoms with van der Waals surface area (Å²) in [6.45, 7) is 2.66. The monoisotopic (exact) mass is 396 g/mol. The molecule has 0 amide bonds. The Bertz CT molecular complexity index is 970. The molecule has 1 aliphatic rings. The second-order valence-electron chi connectivity index (χ2n) is 7.08. The molecular weight excluding hydrogens is 375 g/mol. The van der Waals surface area contributed by atoms with E-state index in [1.807, 2.05) is 18.2 Å². The molecule has 6 nitrogen and oxygen atoms in total. The largest absolute Gasteiger partial charge is 0.478 e. The molecule has 1 aromatic carbocycles. The summed E-state index contributed by atoms with van der Waals surface area (Å²) in [5.74, 6) is 0.167. The Morgan fingerprint density at radius 2 is 1.93 bits per heavy atom. The van der Waals surface area contributed by atoms with Crippen LogP contribution < -0.4 is 4.74 Å². The third-order valence-electron chi connectivity index (χ3n) is 5.44. The number of pyridine rings is 1. The minimum absolute atomic E-state index is 0.255. The maximum Gasteiger partial charge on any atom is 0.324 e. The molecule has 1 heterocycles. The summed E-state index contributed by atoms with van der Waals surface area (Å²) in [5.41, 5.74) is -3.85. The highest BCUT2D eigenvalue weighted by atomic mass is 19.1. The highest BCUT2D eigenvalue weighted by molar-refractivity contribution is 5.93. The van der Waals surface area contributed by atoms with Gasteiger partial charge >= 0.3 is 5.97 Å². The Morgan fingerprint density at radius 1 is 1.21 bits per heavy atom. The van der Waals surface area contributed by atoms with Gasteiger partial charge in [0.1, 0.15) is 18.5 Å². The average Bonchev–Trinajstić information content (AvgIpc) is 3.18. The number of aromatic nitrogens is 1. The molecule has 0 N–H and O–H groups in total. The van der Waals surface area contributed by atoms with Gasteiger partial charge in [-0.2, -0.15) is 5.26 Å². The number of nitriles is 1. The fourth-order valence-electron chi connectivity index (χ4n) is 3.95. The van der Waals surface area contributed by atoms with Crippen LogP contribution in [0.25, 0.3) is 0 Å². The quantitative estimate of drug-likeness (QED) is 0.518. The molecule has 0 saturated heterocycles. The lowest BCUT2D eigenvalue weighted by atomic mass is 9.91. The molecule has 1 aliphatic carbocycles. The Balaban J connectivity index is 2.09. The lowest BCUT2D eigenvalue weighted by Crippen LogP contribution is -2.34. The second-order valence-corrected chi connectivity index (χ2v) is 7.08. The van der Waals surface area contributed by atoms with E-state index in [1.54, 1.807) is 44.2 Å². The first-order chi connectivity index (χ1) is 13.9. The molecule has 2 atom stereocenters. The smallest absolute Gasteiger partial charge is 0.324 e. The van der Waals surface area contributed by atoms with Crippen molar-refractivity contribution < 1.29 is 23.4 Å². The Hall–Kier alpha value is -3.40. The zero-order valence-corrected chi connectivity index (χ0v) is 16.4. The number of benzene rings is 1. The van der Waals surface area contributed by atoms with Gasteiger partial charge in [0.05, 0.1) is 19.1 Å². The molecular formula is C22H21FN2O4. The van der Waals surface area contributed by atoms with Crippen molar-refractivity contribution >= 4 is 5.97 Å². The number of hydrogen-bond donors (Lipinski definition) is 0. The summed E-state index contributed by atoms with van der Waals surface area (Å²) in [7, 11) is 1.24. The average molecular weight is 396 g/mol. The van der Waals surface area contributed by atoms with Gasteiger partial charge < -0.3 is 14.2 Å². The Morgan fingerprint density at radius 3 is 2.55 bits per heavy atom. The standard InChI is InChI=1S/C22H21FN2O4/c1-20(2)21(15-24,28-14-8-13-23)22(20,19(26)27-3)17-11-7-12-18(25-17)29-16-9-5-4-6-10-16/h4-12,14H,13H2,1-3H3. The number of halogens is 1. The van der Waals surface area contributed by atoms with Crippen LogP contribution in [0.5, 0.6) is 11.6 Å². The van der Waals surface area contributed by atoms with Crippen molar-refractivity contribution in [3.63, 3.8) is 0 Å². The van der Waals surface area contributed by atoms with Gasteiger partial charge in [-0.3, -0.25) is 4.79 Å². The van der Waals surface area contributed by atoms with Crippen molar-refractivity contribution in [3.05, 3.63) is 66.6 Å². The molecule has 3 rings (SSSR count). The van der Waals surface area contributed by atoms with Crippen LogP contribution in [-0.4, -0.2) is 30.3 Å². The van der Waals surface area contributed by atoms with Crippen LogP contribution in [0.15, 0.2) is 60.9 Å². The summed E-state index contributed by atoms with van der Waals surface area (Å²) in [6, 6.07) is 16.1. The number of allylic oxidation sites excluding steroid dienone is 1. The number of esters is 1. The van der Waals surface area contributed by atoms with E-state index in [2.05, 4.69) is 11.1 Å². The molecule has 1 aromatic heterocycles. The maximum atomic E-state index is 13.0. The van der Waals surface area contributed by atoms with E-state index in [-0.39, 0.29) is 11.6 Å². The topological polar surface area (TPSA) is 81.4 Å². The zero-order chi connectivity index (χ0) is 21.1. The molecule has 29 heavy (non-hydrogen) atoms. The molecule has 150 valence electrons. The minimum Gasteiger partial charge on any atom is -0.478 e. The number of nitrogens with zero attached hydrogens (tertiary/aromatic N) is 2. The van der Waals surface area contributed by atoms with Crippen LogP contribution >= 0.6 is 0 Å². The van der Waals surface area contributed by atoms with Crippen molar-refractivity contribution in [1.29, 1.82) is 5.26 Å². The second kappa shape index (κ2) is 7.55. The van der Waals surface area contributed by atoms with E-state index in [4.69, 9.17) is 14.2 Å². The van der Waals surface area contributed by atoms with Crippen molar-refractivity contribution in [2.75, 3.05) is 13.8 Å². The number of hydrogen-bond acceptors (Lipinski definition) is 6. The van der Waals surface area contributed by atoms with Crippen LogP contribution in [0.2, 0.25) is 0 Å². The fourth-order valence-corrected chi connectivity index (χ4v) is 3.95. The first kappa shape index (κ1) is 20.3. The van der Waals surface area contributed by atoms with Crippen LogP contribution in [0.3, 0.4) is 0 Å². The molecule has 0 bridgehead atoms. The number of alkyl halides is 1. The number of methoxy groups -OCH3 is 1. The van der Waals surface area contributed by atoms with E-state index in [1.165, 1.54) is 7.11 Å². The Labute approximate surface area is 168 Å². The molecule has 7 heteroatoms. The Kier molecular flexibility index (Phi) is 5.29. The molecule has 1 fully saturated rings. The predicted octanol–water partition coefficient (Wildman–Crippen LogP) is 4.09. The van der Waals surface area contributed by atoms with Crippen molar-refractivity contribution in [3.8, 4) is 17.7 Å². The fraction of sp³-hybridized carbons (Fsp3) is 0.318. The van der Waals surface area contributed by atoms with Crippen molar-refractivity contribution in [2.24, 2.45) is 5.41 Å². The highest BCUT2D eigenvalue weighted by Crippen LogP contribution is 2.74. The van der Waals surface area contributed by atoms with E-state index in [0.717, 1.165) is 12.3 Å². The number of ether oxygens (including phenoxy) is 3. The van der Waals surface area contributed by atoms with Gasteiger partial charge in [-0.1, -0.05) is 38.1 Å². The number of para-hydroxylation sites is 1. The summed E-state index contributed by atoms with van der Waals surface area (Å²) >= 11 is 0. The van der Waals surface area contributed by atoms with E-state index < -0.39 is 29.1 Å². The van der Waals surface area contributed by atoms with Crippen LogP contribution in [-0.2, 0) is 19.7 Å². The molecule has 0 radical (unpaired) electrons. The zero-order valence-electron chi connectivity index (χ0n) is 16.4. The molecule has 0 spiro atoms. The normalized spacial score (nSPS) is 24.5. The third-order valence-corrected chi connectivity index (χ3v) is 5.44. The number of carbonyl (C=O) groups is 1. The van der Waals surface area contributed by atoms with Crippen molar-refractivity contribution in [1.82, 2.24) is 4.98 Å². The highest BCUT2D eigenvalue weighted by Gasteiger charge is 2.92. The van der Waals surface area contributed by atoms with Gasteiger partial charge in [0.25, 0.3) is 0 Å². The first-order valence-electron chi connectivity index (χ1n) is 9.00. The summed E-state index contributed by atoms with van der Waals surface area (Å²) in [5, 5.41) is 9.97. The van der Waals surface area contributed by atoms with Gasteiger partial charge in [-0.05, 0) is 24.3 Å².